The number of halogens is 1. The number of benzene rings is 1. The number of rotatable bonds is 2. The summed E-state index contributed by atoms with van der Waals surface area (Å²) in [6.07, 6.45) is 3.14. The van der Waals surface area contributed by atoms with Gasteiger partial charge in [0.05, 0.1) is 27.0 Å². The Bertz CT molecular complexity index is 838. The number of aromatic nitrogens is 3. The van der Waals surface area contributed by atoms with Gasteiger partial charge in [-0.3, -0.25) is 0 Å². The van der Waals surface area contributed by atoms with Gasteiger partial charge in [-0.05, 0) is 18.2 Å². The predicted molar refractivity (Wildman–Crippen MR) is 91.6 cm³/mol. The Morgan fingerprint density at radius 2 is 1.96 bits per heavy atom. The quantitative estimate of drug-likeness (QED) is 0.713. The first-order valence-corrected chi connectivity index (χ1v) is 8.01. The topological polar surface area (TPSA) is 64.7 Å². The molecule has 0 amide bonds. The highest BCUT2D eigenvalue weighted by Gasteiger charge is 2.25. The van der Waals surface area contributed by atoms with Gasteiger partial charge >= 0.3 is 0 Å². The molecular formula is C17H17FN4S. The van der Waals surface area contributed by atoms with Crippen LogP contribution in [-0.2, 0) is 5.41 Å². The van der Waals surface area contributed by atoms with Gasteiger partial charge in [0.25, 0.3) is 0 Å². The van der Waals surface area contributed by atoms with Crippen molar-refractivity contribution < 1.29 is 4.39 Å². The maximum atomic E-state index is 14.5. The molecule has 3 rings (SSSR count). The van der Waals surface area contributed by atoms with Crippen LogP contribution in [0.25, 0.3) is 21.8 Å². The van der Waals surface area contributed by atoms with E-state index in [1.54, 1.807) is 30.5 Å². The summed E-state index contributed by atoms with van der Waals surface area (Å²) in [7, 11) is 0. The second kappa shape index (κ2) is 5.70. The van der Waals surface area contributed by atoms with Crippen LogP contribution in [0.5, 0.6) is 0 Å². The molecule has 0 aliphatic carbocycles. The maximum absolute atomic E-state index is 14.5. The van der Waals surface area contributed by atoms with Gasteiger partial charge in [0.2, 0.25) is 0 Å². The van der Waals surface area contributed by atoms with Crippen molar-refractivity contribution in [2.75, 3.05) is 5.73 Å². The smallest absolute Gasteiger partial charge is 0.155 e. The van der Waals surface area contributed by atoms with E-state index in [2.05, 4.69) is 30.7 Å². The molecule has 0 atom stereocenters. The van der Waals surface area contributed by atoms with Crippen LogP contribution in [0.3, 0.4) is 0 Å². The minimum Gasteiger partial charge on any atom is -0.396 e. The second-order valence-electron chi connectivity index (χ2n) is 6.25. The fourth-order valence-corrected chi connectivity index (χ4v) is 3.27. The Morgan fingerprint density at radius 3 is 2.61 bits per heavy atom. The molecule has 23 heavy (non-hydrogen) atoms. The van der Waals surface area contributed by atoms with Crippen LogP contribution in [0.2, 0.25) is 0 Å². The van der Waals surface area contributed by atoms with Crippen molar-refractivity contribution in [2.45, 2.75) is 26.2 Å². The highest BCUT2D eigenvalue weighted by molar-refractivity contribution is 7.15. The van der Waals surface area contributed by atoms with Crippen LogP contribution in [0.1, 0.15) is 25.8 Å². The molecule has 4 nitrogen and oxygen atoms in total. The summed E-state index contributed by atoms with van der Waals surface area (Å²) < 4.78 is 14.5. The van der Waals surface area contributed by atoms with Crippen LogP contribution in [-0.4, -0.2) is 15.0 Å². The van der Waals surface area contributed by atoms with Crippen molar-refractivity contribution in [1.82, 2.24) is 15.0 Å². The summed E-state index contributed by atoms with van der Waals surface area (Å²) in [5, 5.41) is 0.919. The molecule has 0 saturated carbocycles. The molecule has 0 radical (unpaired) electrons. The lowest BCUT2D eigenvalue weighted by molar-refractivity contribution is 0.585. The van der Waals surface area contributed by atoms with Gasteiger partial charge in [-0.1, -0.05) is 26.8 Å². The zero-order chi connectivity index (χ0) is 16.6. The first-order valence-electron chi connectivity index (χ1n) is 7.20. The van der Waals surface area contributed by atoms with E-state index in [4.69, 9.17) is 10.7 Å². The summed E-state index contributed by atoms with van der Waals surface area (Å²) in [4.78, 5) is 13.7. The molecule has 0 fully saturated rings. The number of nitrogens with zero attached hydrogens (tertiary/aromatic N) is 3. The third-order valence-corrected chi connectivity index (χ3v) is 4.87. The minimum absolute atomic E-state index is 0.112. The standard InChI is InChI=1S/C17H17FN4S/c1-17(2,3)16-22-14(10-5-4-6-11(19)13(10)18)15(23-16)12-7-8-20-9-21-12/h4-9H,19H2,1-3H3. The zero-order valence-electron chi connectivity index (χ0n) is 13.2. The average molecular weight is 328 g/mol. The number of nitrogen functional groups attached to an aromatic ring is 1. The van der Waals surface area contributed by atoms with Crippen LogP contribution >= 0.6 is 11.3 Å². The molecule has 6 heteroatoms. The number of hydrogen-bond acceptors (Lipinski definition) is 5. The molecule has 0 aliphatic heterocycles. The molecule has 0 unspecified atom stereocenters. The Balaban J connectivity index is 2.27. The van der Waals surface area contributed by atoms with E-state index in [1.807, 2.05) is 0 Å². The Hall–Kier alpha value is -2.34. The van der Waals surface area contributed by atoms with Crippen molar-refractivity contribution >= 4 is 17.0 Å². The number of nitrogens with two attached hydrogens (primary N) is 1. The fourth-order valence-electron chi connectivity index (χ4n) is 2.15. The molecular weight excluding hydrogens is 311 g/mol. The molecule has 0 aliphatic rings. The predicted octanol–water partition coefficient (Wildman–Crippen LogP) is 4.29. The van der Waals surface area contributed by atoms with E-state index < -0.39 is 5.82 Å². The molecule has 0 saturated heterocycles. The lowest BCUT2D eigenvalue weighted by atomic mass is 9.98. The Kier molecular flexibility index (Phi) is 3.85. The van der Waals surface area contributed by atoms with Crippen molar-refractivity contribution in [3.63, 3.8) is 0 Å². The molecule has 2 heterocycles. The van der Waals surface area contributed by atoms with Crippen molar-refractivity contribution in [2.24, 2.45) is 0 Å². The molecule has 118 valence electrons. The third kappa shape index (κ3) is 2.94. The van der Waals surface area contributed by atoms with Gasteiger partial charge in [-0.25, -0.2) is 19.3 Å². The van der Waals surface area contributed by atoms with E-state index in [0.717, 1.165) is 15.6 Å². The molecule has 1 aromatic carbocycles. The van der Waals surface area contributed by atoms with Gasteiger partial charge in [0.1, 0.15) is 6.33 Å². The highest BCUT2D eigenvalue weighted by Crippen LogP contribution is 2.41. The largest absolute Gasteiger partial charge is 0.396 e. The number of hydrogen-bond donors (Lipinski definition) is 1. The monoisotopic (exact) mass is 328 g/mol. The zero-order valence-corrected chi connectivity index (χ0v) is 14.0. The van der Waals surface area contributed by atoms with Gasteiger partial charge in [-0.2, -0.15) is 0 Å². The van der Waals surface area contributed by atoms with Gasteiger partial charge in [0, 0.05) is 17.2 Å². The average Bonchev–Trinajstić information content (AvgIpc) is 2.96. The van der Waals surface area contributed by atoms with Crippen molar-refractivity contribution in [3.8, 4) is 21.8 Å². The van der Waals surface area contributed by atoms with Crippen LogP contribution in [0, 0.1) is 5.82 Å². The summed E-state index contributed by atoms with van der Waals surface area (Å²) in [5.41, 5.74) is 7.38. The van der Waals surface area contributed by atoms with E-state index >= 15 is 0 Å². The normalized spacial score (nSPS) is 11.7. The summed E-state index contributed by atoms with van der Waals surface area (Å²) in [6.45, 7) is 6.24. The van der Waals surface area contributed by atoms with E-state index in [0.29, 0.717) is 11.3 Å². The molecule has 3 aromatic rings. The van der Waals surface area contributed by atoms with Crippen LogP contribution in [0.15, 0.2) is 36.8 Å². The molecule has 2 aromatic heterocycles. The third-order valence-electron chi connectivity index (χ3n) is 3.37. The molecule has 2 N–H and O–H groups in total. The van der Waals surface area contributed by atoms with E-state index in [-0.39, 0.29) is 11.1 Å². The number of thiazole rings is 1. The van der Waals surface area contributed by atoms with Crippen LogP contribution < -0.4 is 5.73 Å². The lowest BCUT2D eigenvalue weighted by Crippen LogP contribution is -2.10. The van der Waals surface area contributed by atoms with Crippen molar-refractivity contribution in [3.05, 3.63) is 47.6 Å². The van der Waals surface area contributed by atoms with Gasteiger partial charge in [0.15, 0.2) is 5.82 Å². The molecule has 0 bridgehead atoms. The SMILES string of the molecule is CC(C)(C)c1nc(-c2cccc(N)c2F)c(-c2ccncn2)s1. The minimum atomic E-state index is -0.450. The Morgan fingerprint density at radius 1 is 1.17 bits per heavy atom. The first-order chi connectivity index (χ1) is 10.9. The fraction of sp³-hybridized carbons (Fsp3) is 0.235. The number of anilines is 1. The van der Waals surface area contributed by atoms with Crippen LogP contribution in [0.4, 0.5) is 10.1 Å². The lowest BCUT2D eigenvalue weighted by Gasteiger charge is -2.13. The summed E-state index contributed by atoms with van der Waals surface area (Å²) in [6, 6.07) is 6.76. The van der Waals surface area contributed by atoms with E-state index in [1.165, 1.54) is 17.7 Å². The molecule has 0 spiro atoms. The van der Waals surface area contributed by atoms with Crippen molar-refractivity contribution in [1.29, 1.82) is 0 Å². The summed E-state index contributed by atoms with van der Waals surface area (Å²) >= 11 is 1.52. The first kappa shape index (κ1) is 15.6. The van der Waals surface area contributed by atoms with E-state index in [9.17, 15) is 4.39 Å². The highest BCUT2D eigenvalue weighted by atomic mass is 32.1. The summed E-state index contributed by atoms with van der Waals surface area (Å²) in [5.74, 6) is -0.450. The van der Waals surface area contributed by atoms with Gasteiger partial charge in [-0.15, -0.1) is 11.3 Å². The van der Waals surface area contributed by atoms with Gasteiger partial charge < -0.3 is 5.73 Å². The second-order valence-corrected chi connectivity index (χ2v) is 7.25. The Labute approximate surface area is 138 Å². The maximum Gasteiger partial charge on any atom is 0.155 e.